The quantitative estimate of drug-likeness (QED) is 0.518. The van der Waals surface area contributed by atoms with Crippen LogP contribution < -0.4 is 0 Å². The molecule has 7 heteroatoms. The average Bonchev–Trinajstić information content (AvgIpc) is 3.00. The van der Waals surface area contributed by atoms with Gasteiger partial charge in [0.25, 0.3) is 0 Å². The van der Waals surface area contributed by atoms with Gasteiger partial charge in [-0.15, -0.1) is 0 Å². The maximum Gasteiger partial charge on any atom is 0.410 e. The number of amides is 1. The number of hydrogen-bond donors (Lipinski definition) is 0. The van der Waals surface area contributed by atoms with Gasteiger partial charge < -0.3 is 13.9 Å². The van der Waals surface area contributed by atoms with Gasteiger partial charge in [-0.2, -0.15) is 0 Å². The van der Waals surface area contributed by atoms with E-state index in [9.17, 15) is 9.59 Å². The first-order chi connectivity index (χ1) is 13.0. The number of ether oxygens (including phenoxy) is 2. The molecule has 1 heterocycles. The fourth-order valence-electron chi connectivity index (χ4n) is 2.90. The summed E-state index contributed by atoms with van der Waals surface area (Å²) in [6.07, 6.45) is -0.161. The zero-order chi connectivity index (χ0) is 20.9. The summed E-state index contributed by atoms with van der Waals surface area (Å²) in [4.78, 5) is 25.7. The van der Waals surface area contributed by atoms with Crippen molar-refractivity contribution < 1.29 is 23.5 Å². The molecule has 2 rings (SSSR count). The topological polar surface area (TPSA) is 65.1 Å². The number of nitrogens with zero attached hydrogens (tertiary/aromatic N) is 1. The summed E-state index contributed by atoms with van der Waals surface area (Å²) in [7, 11) is -1.95. The van der Waals surface area contributed by atoms with Crippen LogP contribution >= 0.6 is 0 Å². The molecule has 2 atom stereocenters. The standard InChI is InChI=1S/C21H33NO5Si/c1-16(23)27-19-12-18(15-26-28(5,6)21(2,3)4)22(13-19)20(24)25-14-17-10-8-7-9-11-17/h7-11,18-19H,12-15H2,1-6H3/t18-,19+/m0/s1. The van der Waals surface area contributed by atoms with Crippen molar-refractivity contribution in [2.24, 2.45) is 0 Å². The highest BCUT2D eigenvalue weighted by Crippen LogP contribution is 2.37. The van der Waals surface area contributed by atoms with Crippen molar-refractivity contribution in [1.82, 2.24) is 4.90 Å². The van der Waals surface area contributed by atoms with E-state index in [1.165, 1.54) is 6.92 Å². The highest BCUT2D eigenvalue weighted by Gasteiger charge is 2.42. The zero-order valence-corrected chi connectivity index (χ0v) is 18.9. The monoisotopic (exact) mass is 407 g/mol. The Bertz CT molecular complexity index is 671. The van der Waals surface area contributed by atoms with Gasteiger partial charge in [-0.05, 0) is 23.7 Å². The predicted octanol–water partition coefficient (Wildman–Crippen LogP) is 4.35. The minimum Gasteiger partial charge on any atom is -0.461 e. The van der Waals surface area contributed by atoms with Crippen molar-refractivity contribution in [3.63, 3.8) is 0 Å². The molecule has 1 amide bonds. The van der Waals surface area contributed by atoms with Gasteiger partial charge in [-0.3, -0.25) is 9.69 Å². The number of hydrogen-bond acceptors (Lipinski definition) is 5. The fourth-order valence-corrected chi connectivity index (χ4v) is 3.94. The molecule has 1 aliphatic rings. The van der Waals surface area contributed by atoms with E-state index in [4.69, 9.17) is 13.9 Å². The van der Waals surface area contributed by atoms with E-state index in [2.05, 4.69) is 33.9 Å². The highest BCUT2D eigenvalue weighted by molar-refractivity contribution is 6.74. The Kier molecular flexibility index (Phi) is 7.28. The Labute approximate surface area is 169 Å². The molecule has 1 aromatic rings. The van der Waals surface area contributed by atoms with Crippen LogP contribution in [-0.2, 0) is 25.3 Å². The predicted molar refractivity (Wildman–Crippen MR) is 110 cm³/mol. The van der Waals surface area contributed by atoms with E-state index in [0.29, 0.717) is 19.6 Å². The first-order valence-electron chi connectivity index (χ1n) is 9.78. The molecular formula is C21H33NO5Si. The molecule has 6 nitrogen and oxygen atoms in total. The summed E-state index contributed by atoms with van der Waals surface area (Å²) >= 11 is 0. The first kappa shape index (κ1) is 22.4. The van der Waals surface area contributed by atoms with Crippen LogP contribution in [0.4, 0.5) is 4.79 Å². The molecule has 0 saturated carbocycles. The maximum absolute atomic E-state index is 12.7. The SMILES string of the molecule is CC(=O)O[C@@H]1C[C@@H](CO[Si](C)(C)C(C)(C)C)N(C(=O)OCc2ccccc2)C1. The zero-order valence-electron chi connectivity index (χ0n) is 17.9. The number of benzene rings is 1. The highest BCUT2D eigenvalue weighted by atomic mass is 28.4. The molecule has 0 N–H and O–H groups in total. The number of carbonyl (C=O) groups excluding carboxylic acids is 2. The third-order valence-electron chi connectivity index (χ3n) is 5.59. The lowest BCUT2D eigenvalue weighted by Crippen LogP contribution is -2.46. The van der Waals surface area contributed by atoms with Crippen LogP contribution in [0, 0.1) is 0 Å². The smallest absolute Gasteiger partial charge is 0.410 e. The second-order valence-corrected chi connectivity index (χ2v) is 13.7. The second kappa shape index (κ2) is 9.09. The van der Waals surface area contributed by atoms with E-state index >= 15 is 0 Å². The van der Waals surface area contributed by atoms with Crippen LogP contribution in [0.2, 0.25) is 18.1 Å². The summed E-state index contributed by atoms with van der Waals surface area (Å²) in [6.45, 7) is 13.3. The minimum absolute atomic E-state index is 0.0829. The van der Waals surface area contributed by atoms with Gasteiger partial charge in [0.15, 0.2) is 8.32 Å². The molecule has 1 aromatic carbocycles. The van der Waals surface area contributed by atoms with Gasteiger partial charge in [-0.25, -0.2) is 4.79 Å². The van der Waals surface area contributed by atoms with E-state index in [-0.39, 0.29) is 29.8 Å². The van der Waals surface area contributed by atoms with Gasteiger partial charge in [0, 0.05) is 13.3 Å². The number of carbonyl (C=O) groups is 2. The molecule has 28 heavy (non-hydrogen) atoms. The lowest BCUT2D eigenvalue weighted by Gasteiger charge is -2.37. The van der Waals surface area contributed by atoms with Crippen LogP contribution in [-0.4, -0.2) is 50.6 Å². The summed E-state index contributed by atoms with van der Waals surface area (Å²) in [5.41, 5.74) is 0.931. The van der Waals surface area contributed by atoms with Crippen LogP contribution in [0.15, 0.2) is 30.3 Å². The van der Waals surface area contributed by atoms with E-state index in [1.807, 2.05) is 30.3 Å². The summed E-state index contributed by atoms with van der Waals surface area (Å²) in [6, 6.07) is 9.40. The third-order valence-corrected chi connectivity index (χ3v) is 10.1. The van der Waals surface area contributed by atoms with Gasteiger partial charge in [0.2, 0.25) is 0 Å². The Morgan fingerprint density at radius 2 is 1.82 bits per heavy atom. The summed E-state index contributed by atoms with van der Waals surface area (Å²) in [5.74, 6) is -0.339. The normalized spacial score (nSPS) is 20.1. The number of rotatable bonds is 6. The molecular weight excluding hydrogens is 374 g/mol. The number of likely N-dealkylation sites (tertiary alicyclic amines) is 1. The lowest BCUT2D eigenvalue weighted by molar-refractivity contribution is -0.145. The molecule has 1 saturated heterocycles. The van der Waals surface area contributed by atoms with Crippen molar-refractivity contribution in [1.29, 1.82) is 0 Å². The Morgan fingerprint density at radius 1 is 1.18 bits per heavy atom. The number of esters is 1. The van der Waals surface area contributed by atoms with Gasteiger partial charge in [-0.1, -0.05) is 51.1 Å². The van der Waals surface area contributed by atoms with Crippen molar-refractivity contribution in [2.75, 3.05) is 13.2 Å². The molecule has 1 aliphatic heterocycles. The van der Waals surface area contributed by atoms with Crippen molar-refractivity contribution in [3.8, 4) is 0 Å². The fraction of sp³-hybridized carbons (Fsp3) is 0.619. The van der Waals surface area contributed by atoms with E-state index in [1.54, 1.807) is 4.90 Å². The Hall–Kier alpha value is -1.86. The largest absolute Gasteiger partial charge is 0.461 e. The molecule has 0 radical (unpaired) electrons. The minimum atomic E-state index is -1.95. The van der Waals surface area contributed by atoms with Gasteiger partial charge >= 0.3 is 12.1 Å². The second-order valence-electron chi connectivity index (χ2n) is 8.88. The van der Waals surface area contributed by atoms with E-state index in [0.717, 1.165) is 5.56 Å². The van der Waals surface area contributed by atoms with Crippen LogP contribution in [0.5, 0.6) is 0 Å². The molecule has 1 fully saturated rings. The molecule has 0 aliphatic carbocycles. The maximum atomic E-state index is 12.7. The van der Waals surface area contributed by atoms with Crippen LogP contribution in [0.1, 0.15) is 39.7 Å². The Morgan fingerprint density at radius 3 is 2.39 bits per heavy atom. The Balaban J connectivity index is 2.02. The van der Waals surface area contributed by atoms with Gasteiger partial charge in [0.05, 0.1) is 19.2 Å². The first-order valence-corrected chi connectivity index (χ1v) is 12.7. The van der Waals surface area contributed by atoms with E-state index < -0.39 is 14.4 Å². The van der Waals surface area contributed by atoms with Gasteiger partial charge in [0.1, 0.15) is 12.7 Å². The van der Waals surface area contributed by atoms with Crippen molar-refractivity contribution in [3.05, 3.63) is 35.9 Å². The summed E-state index contributed by atoms with van der Waals surface area (Å²) < 4.78 is 17.2. The van der Waals surface area contributed by atoms with Crippen molar-refractivity contribution >= 4 is 20.4 Å². The molecule has 0 bridgehead atoms. The lowest BCUT2D eigenvalue weighted by atomic mass is 10.2. The van der Waals surface area contributed by atoms with Crippen molar-refractivity contribution in [2.45, 2.75) is 71.0 Å². The van der Waals surface area contributed by atoms with Crippen LogP contribution in [0.3, 0.4) is 0 Å². The average molecular weight is 408 g/mol. The summed E-state index contributed by atoms with van der Waals surface area (Å²) in [5, 5.41) is 0.0829. The third kappa shape index (κ3) is 6.07. The van der Waals surface area contributed by atoms with Crippen LogP contribution in [0.25, 0.3) is 0 Å². The molecule has 0 aromatic heterocycles. The molecule has 0 spiro atoms. The molecule has 156 valence electrons. The molecule has 0 unspecified atom stereocenters.